The van der Waals surface area contributed by atoms with E-state index in [1.165, 1.54) is 19.2 Å². The molecule has 0 bridgehead atoms. The molecule has 0 radical (unpaired) electrons. The average Bonchev–Trinajstić information content (AvgIpc) is 2.24. The van der Waals surface area contributed by atoms with Gasteiger partial charge in [-0.05, 0) is 34.1 Å². The van der Waals surface area contributed by atoms with Crippen molar-refractivity contribution in [1.82, 2.24) is 0 Å². The largest absolute Gasteiger partial charge is 0.383 e. The molecule has 88 valence electrons. The van der Waals surface area contributed by atoms with Gasteiger partial charge in [0.25, 0.3) is 0 Å². The Morgan fingerprint density at radius 3 is 2.94 bits per heavy atom. The third-order valence-electron chi connectivity index (χ3n) is 1.87. The molecule has 0 aliphatic heterocycles. The van der Waals surface area contributed by atoms with Crippen LogP contribution in [0.2, 0.25) is 0 Å². The van der Waals surface area contributed by atoms with Crippen LogP contribution in [0.25, 0.3) is 0 Å². The van der Waals surface area contributed by atoms with Crippen LogP contribution in [-0.4, -0.2) is 25.7 Å². The maximum absolute atomic E-state index is 13.1. The van der Waals surface area contributed by atoms with Gasteiger partial charge in [-0.3, -0.25) is 4.79 Å². The zero-order valence-electron chi connectivity index (χ0n) is 8.67. The Bertz CT molecular complexity index is 387. The molecule has 0 aromatic heterocycles. The van der Waals surface area contributed by atoms with Crippen molar-refractivity contribution in [2.75, 3.05) is 19.0 Å². The Hall–Kier alpha value is -0.980. The van der Waals surface area contributed by atoms with Crippen LogP contribution in [0, 0.1) is 5.82 Å². The summed E-state index contributed by atoms with van der Waals surface area (Å²) >= 11 is 3.02. The van der Waals surface area contributed by atoms with Gasteiger partial charge in [0.15, 0.2) is 0 Å². The van der Waals surface area contributed by atoms with Crippen LogP contribution in [0.4, 0.5) is 10.1 Å². The van der Waals surface area contributed by atoms with Crippen LogP contribution >= 0.6 is 15.9 Å². The molecule has 1 unspecified atom stereocenters. The SMILES string of the molecule is COCC(N)C(=O)Nc1ccc(Br)c(F)c1. The van der Waals surface area contributed by atoms with Crippen LogP contribution in [-0.2, 0) is 9.53 Å². The maximum atomic E-state index is 13.1. The second-order valence-corrected chi connectivity index (χ2v) is 4.03. The number of methoxy groups -OCH3 is 1. The molecule has 1 amide bonds. The number of nitrogens with two attached hydrogens (primary N) is 1. The number of carbonyl (C=O) groups is 1. The smallest absolute Gasteiger partial charge is 0.243 e. The van der Waals surface area contributed by atoms with Gasteiger partial charge >= 0.3 is 0 Å². The van der Waals surface area contributed by atoms with E-state index in [1.54, 1.807) is 6.07 Å². The van der Waals surface area contributed by atoms with Crippen LogP contribution in [0.3, 0.4) is 0 Å². The van der Waals surface area contributed by atoms with Crippen molar-refractivity contribution in [3.63, 3.8) is 0 Å². The molecule has 1 aromatic rings. The molecule has 0 saturated carbocycles. The summed E-state index contributed by atoms with van der Waals surface area (Å²) in [6.45, 7) is 0.116. The zero-order chi connectivity index (χ0) is 12.1. The Morgan fingerprint density at radius 1 is 1.69 bits per heavy atom. The van der Waals surface area contributed by atoms with Gasteiger partial charge in [0.1, 0.15) is 11.9 Å². The maximum Gasteiger partial charge on any atom is 0.243 e. The number of hydrogen-bond acceptors (Lipinski definition) is 3. The monoisotopic (exact) mass is 290 g/mol. The zero-order valence-corrected chi connectivity index (χ0v) is 10.3. The van der Waals surface area contributed by atoms with E-state index in [0.717, 1.165) is 0 Å². The standard InChI is InChI=1S/C10H12BrFN2O2/c1-16-5-9(13)10(15)14-6-2-3-7(11)8(12)4-6/h2-4,9H,5,13H2,1H3,(H,14,15). The van der Waals surface area contributed by atoms with Gasteiger partial charge < -0.3 is 15.8 Å². The van der Waals surface area contributed by atoms with Crippen molar-refractivity contribution in [1.29, 1.82) is 0 Å². The molecule has 1 aromatic carbocycles. The molecule has 6 heteroatoms. The molecule has 3 N–H and O–H groups in total. The van der Waals surface area contributed by atoms with Crippen molar-refractivity contribution in [3.8, 4) is 0 Å². The number of anilines is 1. The third kappa shape index (κ3) is 3.55. The lowest BCUT2D eigenvalue weighted by molar-refractivity contribution is -0.118. The minimum Gasteiger partial charge on any atom is -0.383 e. The summed E-state index contributed by atoms with van der Waals surface area (Å²) in [4.78, 5) is 11.4. The van der Waals surface area contributed by atoms with Gasteiger partial charge in [0.2, 0.25) is 5.91 Å². The highest BCUT2D eigenvalue weighted by molar-refractivity contribution is 9.10. The Balaban J connectivity index is 2.66. The predicted molar refractivity (Wildman–Crippen MR) is 62.6 cm³/mol. The molecule has 16 heavy (non-hydrogen) atoms. The van der Waals surface area contributed by atoms with Gasteiger partial charge in [0, 0.05) is 12.8 Å². The third-order valence-corrected chi connectivity index (χ3v) is 2.51. The molecular weight excluding hydrogens is 279 g/mol. The van der Waals surface area contributed by atoms with Crippen LogP contribution in [0.1, 0.15) is 0 Å². The minimum absolute atomic E-state index is 0.116. The first-order chi connectivity index (χ1) is 7.54. The van der Waals surface area contributed by atoms with E-state index in [-0.39, 0.29) is 6.61 Å². The summed E-state index contributed by atoms with van der Waals surface area (Å²) in [5.74, 6) is -0.860. The summed E-state index contributed by atoms with van der Waals surface area (Å²) in [5, 5.41) is 2.49. The van der Waals surface area contributed by atoms with E-state index in [2.05, 4.69) is 21.2 Å². The van der Waals surface area contributed by atoms with Gasteiger partial charge in [-0.1, -0.05) is 0 Å². The van der Waals surface area contributed by atoms with Crippen molar-refractivity contribution in [2.45, 2.75) is 6.04 Å². The van der Waals surface area contributed by atoms with Crippen LogP contribution in [0.5, 0.6) is 0 Å². The molecule has 0 spiro atoms. The number of rotatable bonds is 4. The summed E-state index contributed by atoms with van der Waals surface area (Å²) in [5.41, 5.74) is 5.86. The van der Waals surface area contributed by atoms with Crippen molar-refractivity contribution >= 4 is 27.5 Å². The van der Waals surface area contributed by atoms with Crippen LogP contribution < -0.4 is 11.1 Å². The number of nitrogens with one attached hydrogen (secondary N) is 1. The quantitative estimate of drug-likeness (QED) is 0.883. The van der Waals surface area contributed by atoms with Crippen LogP contribution in [0.15, 0.2) is 22.7 Å². The normalized spacial score (nSPS) is 12.2. The summed E-state index contributed by atoms with van der Waals surface area (Å²) < 4.78 is 18.2. The average molecular weight is 291 g/mol. The topological polar surface area (TPSA) is 64.3 Å². The number of benzene rings is 1. The fourth-order valence-corrected chi connectivity index (χ4v) is 1.31. The summed E-state index contributed by atoms with van der Waals surface area (Å²) in [6, 6.07) is 3.52. The number of halogens is 2. The first-order valence-electron chi connectivity index (χ1n) is 4.55. The minimum atomic E-state index is -0.767. The second-order valence-electron chi connectivity index (χ2n) is 3.18. The molecule has 4 nitrogen and oxygen atoms in total. The van der Waals surface area contributed by atoms with Gasteiger partial charge in [-0.2, -0.15) is 0 Å². The number of ether oxygens (including phenoxy) is 1. The van der Waals surface area contributed by atoms with E-state index in [1.807, 2.05) is 0 Å². The van der Waals surface area contributed by atoms with Gasteiger partial charge in [-0.15, -0.1) is 0 Å². The van der Waals surface area contributed by atoms with Crippen molar-refractivity contribution in [3.05, 3.63) is 28.5 Å². The molecule has 0 aliphatic carbocycles. The number of carbonyl (C=O) groups excluding carboxylic acids is 1. The van der Waals surface area contributed by atoms with Gasteiger partial charge in [-0.25, -0.2) is 4.39 Å². The van der Waals surface area contributed by atoms with E-state index < -0.39 is 17.8 Å². The molecule has 0 fully saturated rings. The molecule has 1 rings (SSSR count). The van der Waals surface area contributed by atoms with E-state index >= 15 is 0 Å². The Labute approximate surface area is 101 Å². The lowest BCUT2D eigenvalue weighted by Crippen LogP contribution is -2.39. The summed E-state index contributed by atoms with van der Waals surface area (Å²) in [6.07, 6.45) is 0. The molecular formula is C10H12BrFN2O2. The van der Waals surface area contributed by atoms with Crippen molar-refractivity contribution < 1.29 is 13.9 Å². The fourth-order valence-electron chi connectivity index (χ4n) is 1.06. The summed E-state index contributed by atoms with van der Waals surface area (Å²) in [7, 11) is 1.45. The van der Waals surface area contributed by atoms with Gasteiger partial charge in [0.05, 0.1) is 11.1 Å². The molecule has 0 heterocycles. The fraction of sp³-hybridized carbons (Fsp3) is 0.300. The highest BCUT2D eigenvalue weighted by Crippen LogP contribution is 2.19. The number of amides is 1. The second kappa shape index (κ2) is 5.93. The van der Waals surface area contributed by atoms with E-state index in [9.17, 15) is 9.18 Å². The Morgan fingerprint density at radius 2 is 2.38 bits per heavy atom. The predicted octanol–water partition coefficient (Wildman–Crippen LogP) is 1.50. The molecule has 1 atom stereocenters. The highest BCUT2D eigenvalue weighted by Gasteiger charge is 2.13. The highest BCUT2D eigenvalue weighted by atomic mass is 79.9. The molecule has 0 saturated heterocycles. The molecule has 0 aliphatic rings. The first kappa shape index (κ1) is 13.1. The Kier molecular flexibility index (Phi) is 4.85. The van der Waals surface area contributed by atoms with E-state index in [0.29, 0.717) is 10.2 Å². The first-order valence-corrected chi connectivity index (χ1v) is 5.34. The van der Waals surface area contributed by atoms with Crippen molar-refractivity contribution in [2.24, 2.45) is 5.73 Å². The lowest BCUT2D eigenvalue weighted by atomic mass is 10.2. The number of hydrogen-bond donors (Lipinski definition) is 2. The van der Waals surface area contributed by atoms with E-state index in [4.69, 9.17) is 10.5 Å². The lowest BCUT2D eigenvalue weighted by Gasteiger charge is -2.11.